The van der Waals surface area contributed by atoms with Crippen molar-refractivity contribution in [1.82, 2.24) is 0 Å². The Hall–Kier alpha value is 0.354. The highest BCUT2D eigenvalue weighted by atomic mass is 28.4. The molecule has 170 valence electrons. The molecule has 0 heterocycles. The van der Waals surface area contributed by atoms with Crippen LogP contribution in [0.25, 0.3) is 0 Å². The smallest absolute Gasteiger partial charge is 0.184 e. The molecule has 0 aliphatic heterocycles. The maximum absolute atomic E-state index is 6.50. The minimum Gasteiger partial charge on any atom is -0.418 e. The predicted molar refractivity (Wildman–Crippen MR) is 132 cm³/mol. The van der Waals surface area contributed by atoms with Crippen molar-refractivity contribution in [3.8, 4) is 0 Å². The first kappa shape index (κ1) is 28.4. The van der Waals surface area contributed by atoms with Gasteiger partial charge in [-0.3, -0.25) is 0 Å². The van der Waals surface area contributed by atoms with Gasteiger partial charge < -0.3 is 8.85 Å². The summed E-state index contributed by atoms with van der Waals surface area (Å²) in [5.74, 6) is 0. The quantitative estimate of drug-likeness (QED) is 0.142. The maximum Gasteiger partial charge on any atom is 0.184 e. The highest BCUT2D eigenvalue weighted by molar-refractivity contribution is 6.70. The number of rotatable bonds is 20. The molecule has 0 saturated heterocycles. The molecule has 0 saturated carbocycles. The molecule has 0 spiro atoms. The van der Waals surface area contributed by atoms with E-state index in [1.165, 1.54) is 96.3 Å². The lowest BCUT2D eigenvalue weighted by molar-refractivity contribution is 0.165. The molecule has 0 aromatic carbocycles. The Morgan fingerprint density at radius 2 is 0.964 bits per heavy atom. The van der Waals surface area contributed by atoms with Crippen molar-refractivity contribution in [1.29, 1.82) is 0 Å². The van der Waals surface area contributed by atoms with Crippen LogP contribution in [0.1, 0.15) is 103 Å². The fraction of sp³-hybridized carbons (Fsp3) is 1.00. The third kappa shape index (κ3) is 22.6. The fourth-order valence-corrected chi connectivity index (χ4v) is 5.64. The van der Waals surface area contributed by atoms with Crippen LogP contribution in [0.3, 0.4) is 0 Å². The van der Waals surface area contributed by atoms with Crippen LogP contribution in [0.2, 0.25) is 39.3 Å². The van der Waals surface area contributed by atoms with Crippen molar-refractivity contribution < 1.29 is 8.85 Å². The Morgan fingerprint density at radius 1 is 0.536 bits per heavy atom. The van der Waals surface area contributed by atoms with E-state index in [0.29, 0.717) is 6.10 Å². The summed E-state index contributed by atoms with van der Waals surface area (Å²) in [6.07, 6.45) is 20.9. The van der Waals surface area contributed by atoms with E-state index in [0.717, 1.165) is 6.61 Å². The van der Waals surface area contributed by atoms with Gasteiger partial charge in [-0.1, -0.05) is 84.0 Å². The van der Waals surface area contributed by atoms with Crippen molar-refractivity contribution in [3.63, 3.8) is 0 Å². The third-order valence-electron chi connectivity index (χ3n) is 5.11. The molecule has 0 aromatic heterocycles. The van der Waals surface area contributed by atoms with Gasteiger partial charge in [0, 0.05) is 12.7 Å². The van der Waals surface area contributed by atoms with E-state index in [4.69, 9.17) is 8.85 Å². The Labute approximate surface area is 180 Å². The Bertz CT molecular complexity index is 334. The molecule has 0 aliphatic carbocycles. The van der Waals surface area contributed by atoms with Gasteiger partial charge in [-0.15, -0.1) is 0 Å². The summed E-state index contributed by atoms with van der Waals surface area (Å²) in [5.41, 5.74) is 0. The minimum absolute atomic E-state index is 0.521. The standard InChI is InChI=1S/C24H54O2Si2/c1-8-9-10-11-12-15-18-21-24(26-28(5,6)7)22-19-16-13-14-17-20-23-25-27(2,3)4/h24H,8-23H2,1-7H3. The van der Waals surface area contributed by atoms with Gasteiger partial charge in [0.25, 0.3) is 0 Å². The van der Waals surface area contributed by atoms with Crippen LogP contribution in [0, 0.1) is 0 Å². The van der Waals surface area contributed by atoms with Crippen LogP contribution in [0.5, 0.6) is 0 Å². The van der Waals surface area contributed by atoms with Gasteiger partial charge >= 0.3 is 0 Å². The molecule has 1 unspecified atom stereocenters. The molecular weight excluding hydrogens is 376 g/mol. The SMILES string of the molecule is CCCCCCCCCC(CCCCCCCCO[Si](C)(C)C)O[Si](C)(C)C. The summed E-state index contributed by atoms with van der Waals surface area (Å²) in [6, 6.07) is 0. The highest BCUT2D eigenvalue weighted by Crippen LogP contribution is 2.20. The van der Waals surface area contributed by atoms with Gasteiger partial charge in [-0.05, 0) is 58.5 Å². The average molecular weight is 431 g/mol. The van der Waals surface area contributed by atoms with Crippen molar-refractivity contribution in [2.45, 2.75) is 149 Å². The summed E-state index contributed by atoms with van der Waals surface area (Å²) >= 11 is 0. The molecule has 0 aliphatic rings. The Balaban J connectivity index is 3.76. The van der Waals surface area contributed by atoms with Crippen LogP contribution < -0.4 is 0 Å². The number of unbranched alkanes of at least 4 members (excludes halogenated alkanes) is 11. The van der Waals surface area contributed by atoms with Crippen molar-refractivity contribution in [2.24, 2.45) is 0 Å². The van der Waals surface area contributed by atoms with E-state index >= 15 is 0 Å². The van der Waals surface area contributed by atoms with E-state index in [2.05, 4.69) is 46.2 Å². The lowest BCUT2D eigenvalue weighted by atomic mass is 10.0. The predicted octanol–water partition coefficient (Wildman–Crippen LogP) is 8.93. The van der Waals surface area contributed by atoms with Crippen LogP contribution in [0.15, 0.2) is 0 Å². The summed E-state index contributed by atoms with van der Waals surface area (Å²) in [7, 11) is -2.73. The van der Waals surface area contributed by atoms with E-state index in [-0.39, 0.29) is 0 Å². The van der Waals surface area contributed by atoms with E-state index < -0.39 is 16.6 Å². The second-order valence-electron chi connectivity index (χ2n) is 10.6. The van der Waals surface area contributed by atoms with E-state index in [9.17, 15) is 0 Å². The van der Waals surface area contributed by atoms with Gasteiger partial charge in [-0.25, -0.2) is 0 Å². The number of hydrogen-bond donors (Lipinski definition) is 0. The first-order valence-corrected chi connectivity index (χ1v) is 19.3. The average Bonchev–Trinajstić information content (AvgIpc) is 2.57. The van der Waals surface area contributed by atoms with Crippen LogP contribution in [0.4, 0.5) is 0 Å². The molecule has 1 atom stereocenters. The summed E-state index contributed by atoms with van der Waals surface area (Å²) in [6.45, 7) is 17.1. The normalized spacial score (nSPS) is 13.8. The zero-order chi connectivity index (χ0) is 21.3. The first-order valence-electron chi connectivity index (χ1n) is 12.5. The van der Waals surface area contributed by atoms with Gasteiger partial charge in [0.15, 0.2) is 16.6 Å². The van der Waals surface area contributed by atoms with E-state index in [1.54, 1.807) is 0 Å². The summed E-state index contributed by atoms with van der Waals surface area (Å²) in [4.78, 5) is 0. The van der Waals surface area contributed by atoms with Crippen LogP contribution >= 0.6 is 0 Å². The molecule has 0 fully saturated rings. The second kappa shape index (κ2) is 17.1. The molecule has 0 rings (SSSR count). The molecule has 0 aromatic rings. The van der Waals surface area contributed by atoms with Crippen LogP contribution in [-0.4, -0.2) is 29.3 Å². The molecule has 0 N–H and O–H groups in total. The molecule has 0 amide bonds. The number of hydrogen-bond acceptors (Lipinski definition) is 2. The molecule has 28 heavy (non-hydrogen) atoms. The van der Waals surface area contributed by atoms with Crippen molar-refractivity contribution in [3.05, 3.63) is 0 Å². The topological polar surface area (TPSA) is 18.5 Å². The molecular formula is C24H54O2Si2. The molecule has 2 nitrogen and oxygen atoms in total. The lowest BCUT2D eigenvalue weighted by Crippen LogP contribution is -2.32. The highest BCUT2D eigenvalue weighted by Gasteiger charge is 2.20. The third-order valence-corrected chi connectivity index (χ3v) is 7.22. The Morgan fingerprint density at radius 3 is 1.39 bits per heavy atom. The minimum atomic E-state index is -1.42. The molecule has 4 heteroatoms. The summed E-state index contributed by atoms with van der Waals surface area (Å²) in [5, 5.41) is 0. The monoisotopic (exact) mass is 430 g/mol. The molecule has 0 bridgehead atoms. The fourth-order valence-electron chi connectivity index (χ4n) is 3.65. The van der Waals surface area contributed by atoms with Gasteiger partial charge in [0.05, 0.1) is 0 Å². The largest absolute Gasteiger partial charge is 0.418 e. The zero-order valence-corrected chi connectivity index (χ0v) is 22.7. The van der Waals surface area contributed by atoms with Gasteiger partial charge in [0.2, 0.25) is 0 Å². The van der Waals surface area contributed by atoms with Crippen molar-refractivity contribution >= 4 is 16.6 Å². The first-order chi connectivity index (χ1) is 13.1. The van der Waals surface area contributed by atoms with Crippen LogP contribution in [-0.2, 0) is 8.85 Å². The van der Waals surface area contributed by atoms with Gasteiger partial charge in [-0.2, -0.15) is 0 Å². The molecule has 0 radical (unpaired) electrons. The Kier molecular flexibility index (Phi) is 17.3. The lowest BCUT2D eigenvalue weighted by Gasteiger charge is -2.26. The van der Waals surface area contributed by atoms with Crippen molar-refractivity contribution in [2.75, 3.05) is 6.61 Å². The maximum atomic E-state index is 6.50. The second-order valence-corrected chi connectivity index (χ2v) is 19.6. The zero-order valence-electron chi connectivity index (χ0n) is 20.7. The summed E-state index contributed by atoms with van der Waals surface area (Å²) < 4.78 is 12.4. The van der Waals surface area contributed by atoms with E-state index in [1.807, 2.05) is 0 Å². The van der Waals surface area contributed by atoms with Gasteiger partial charge in [0.1, 0.15) is 0 Å².